The number of rotatable bonds is 8. The Kier molecular flexibility index (Phi) is 9.36. The number of carbonyl (C=O) groups is 4. The SMILES string of the molecule is CCOc1cc(/C=C2/C(=O)NC(=O)N(c3ccc(Cl)cc3)C2=O)cc(Br)c1OCC(=O)Nc1ccc(Cl)c(Cl)c1. The quantitative estimate of drug-likeness (QED) is 0.210. The van der Waals surface area contributed by atoms with Crippen molar-refractivity contribution in [3.05, 3.63) is 85.3 Å². The summed E-state index contributed by atoms with van der Waals surface area (Å²) in [7, 11) is 0. The van der Waals surface area contributed by atoms with Crippen molar-refractivity contribution in [1.29, 1.82) is 0 Å². The van der Waals surface area contributed by atoms with Crippen molar-refractivity contribution >= 4 is 91.9 Å². The predicted molar refractivity (Wildman–Crippen MR) is 156 cm³/mol. The first kappa shape index (κ1) is 29.4. The lowest BCUT2D eigenvalue weighted by Gasteiger charge is -2.26. The van der Waals surface area contributed by atoms with E-state index in [1.165, 1.54) is 42.5 Å². The molecule has 40 heavy (non-hydrogen) atoms. The van der Waals surface area contributed by atoms with Gasteiger partial charge in [0.15, 0.2) is 18.1 Å². The van der Waals surface area contributed by atoms with Gasteiger partial charge in [-0.15, -0.1) is 0 Å². The summed E-state index contributed by atoms with van der Waals surface area (Å²) >= 11 is 21.2. The number of carbonyl (C=O) groups excluding carboxylic acids is 4. The molecule has 0 aliphatic carbocycles. The third-order valence-corrected chi connectivity index (χ3v) is 6.96. The van der Waals surface area contributed by atoms with Crippen LogP contribution in [0.25, 0.3) is 6.08 Å². The molecule has 0 aromatic heterocycles. The lowest BCUT2D eigenvalue weighted by molar-refractivity contribution is -0.122. The van der Waals surface area contributed by atoms with Crippen molar-refractivity contribution < 1.29 is 28.7 Å². The topological polar surface area (TPSA) is 114 Å². The van der Waals surface area contributed by atoms with Crippen molar-refractivity contribution in [2.45, 2.75) is 6.92 Å². The zero-order chi connectivity index (χ0) is 29.0. The maximum absolute atomic E-state index is 13.2. The summed E-state index contributed by atoms with van der Waals surface area (Å²) in [6, 6.07) is 12.9. The zero-order valence-electron chi connectivity index (χ0n) is 20.6. The maximum atomic E-state index is 13.2. The van der Waals surface area contributed by atoms with Crippen LogP contribution in [0.1, 0.15) is 12.5 Å². The van der Waals surface area contributed by atoms with E-state index in [9.17, 15) is 19.2 Å². The van der Waals surface area contributed by atoms with Gasteiger partial charge in [0.05, 0.1) is 26.8 Å². The van der Waals surface area contributed by atoms with Gasteiger partial charge in [0, 0.05) is 10.7 Å². The Labute approximate surface area is 252 Å². The highest BCUT2D eigenvalue weighted by Crippen LogP contribution is 2.38. The molecule has 0 atom stereocenters. The molecule has 1 aliphatic rings. The van der Waals surface area contributed by atoms with Gasteiger partial charge in [-0.3, -0.25) is 19.7 Å². The average Bonchev–Trinajstić information content (AvgIpc) is 2.89. The van der Waals surface area contributed by atoms with Crippen molar-refractivity contribution in [1.82, 2.24) is 5.32 Å². The molecule has 5 amide bonds. The Balaban J connectivity index is 1.57. The Morgan fingerprint density at radius 1 is 1.00 bits per heavy atom. The van der Waals surface area contributed by atoms with E-state index in [0.29, 0.717) is 25.8 Å². The lowest BCUT2D eigenvalue weighted by Crippen LogP contribution is -2.54. The van der Waals surface area contributed by atoms with Gasteiger partial charge in [0.2, 0.25) is 0 Å². The molecule has 0 bridgehead atoms. The van der Waals surface area contributed by atoms with Crippen LogP contribution >= 0.6 is 50.7 Å². The fraction of sp³-hybridized carbons (Fsp3) is 0.111. The van der Waals surface area contributed by atoms with E-state index in [2.05, 4.69) is 26.6 Å². The van der Waals surface area contributed by atoms with Gasteiger partial charge in [-0.25, -0.2) is 9.69 Å². The molecule has 4 rings (SSSR count). The fourth-order valence-electron chi connectivity index (χ4n) is 3.63. The molecule has 0 radical (unpaired) electrons. The summed E-state index contributed by atoms with van der Waals surface area (Å²) in [5, 5.41) is 5.89. The highest BCUT2D eigenvalue weighted by atomic mass is 79.9. The summed E-state index contributed by atoms with van der Waals surface area (Å²) in [4.78, 5) is 51.5. The minimum Gasteiger partial charge on any atom is -0.490 e. The lowest BCUT2D eigenvalue weighted by atomic mass is 10.1. The Hall–Kier alpha value is -3.57. The van der Waals surface area contributed by atoms with Crippen LogP contribution in [0, 0.1) is 0 Å². The van der Waals surface area contributed by atoms with E-state index < -0.39 is 23.8 Å². The molecule has 0 unspecified atom stereocenters. The number of urea groups is 1. The summed E-state index contributed by atoms with van der Waals surface area (Å²) in [6.07, 6.45) is 1.32. The number of halogens is 4. The van der Waals surface area contributed by atoms with Gasteiger partial charge in [-0.05, 0) is 89.1 Å². The molecule has 1 heterocycles. The number of amides is 5. The second-order valence-corrected chi connectivity index (χ2v) is 10.3. The van der Waals surface area contributed by atoms with Crippen LogP contribution in [0.5, 0.6) is 11.5 Å². The van der Waals surface area contributed by atoms with Gasteiger partial charge < -0.3 is 14.8 Å². The third-order valence-electron chi connectivity index (χ3n) is 5.38. The number of nitrogens with zero attached hydrogens (tertiary/aromatic N) is 1. The van der Waals surface area contributed by atoms with E-state index in [4.69, 9.17) is 44.3 Å². The monoisotopic (exact) mass is 665 g/mol. The van der Waals surface area contributed by atoms with E-state index in [-0.39, 0.29) is 41.0 Å². The van der Waals surface area contributed by atoms with Crippen LogP contribution in [0.4, 0.5) is 16.2 Å². The second kappa shape index (κ2) is 12.7. The van der Waals surface area contributed by atoms with Gasteiger partial charge in [-0.2, -0.15) is 0 Å². The molecule has 13 heteroatoms. The zero-order valence-corrected chi connectivity index (χ0v) is 24.5. The number of imide groups is 2. The van der Waals surface area contributed by atoms with Crippen molar-refractivity contribution in [3.63, 3.8) is 0 Å². The first-order valence-corrected chi connectivity index (χ1v) is 13.5. The summed E-state index contributed by atoms with van der Waals surface area (Å²) in [6.45, 7) is 1.66. The Bertz CT molecular complexity index is 1550. The van der Waals surface area contributed by atoms with Gasteiger partial charge >= 0.3 is 6.03 Å². The molecule has 1 fully saturated rings. The summed E-state index contributed by atoms with van der Waals surface area (Å²) in [5.41, 5.74) is 0.797. The van der Waals surface area contributed by atoms with Crippen molar-refractivity contribution in [3.8, 4) is 11.5 Å². The summed E-state index contributed by atoms with van der Waals surface area (Å²) < 4.78 is 11.8. The number of nitrogens with one attached hydrogen (secondary N) is 2. The van der Waals surface area contributed by atoms with Crippen LogP contribution in [0.15, 0.2) is 64.6 Å². The normalized spacial score (nSPS) is 14.3. The molecule has 9 nitrogen and oxygen atoms in total. The molecular weight excluding hydrogens is 649 g/mol. The van der Waals surface area contributed by atoms with Crippen molar-refractivity contribution in [2.75, 3.05) is 23.4 Å². The molecular formula is C27H19BrCl3N3O6. The molecule has 1 aliphatic heterocycles. The summed E-state index contributed by atoms with van der Waals surface area (Å²) in [5.74, 6) is -1.65. The highest BCUT2D eigenvalue weighted by molar-refractivity contribution is 9.10. The van der Waals surface area contributed by atoms with Crippen LogP contribution in [0.2, 0.25) is 15.1 Å². The van der Waals surface area contributed by atoms with E-state index in [1.807, 2.05) is 0 Å². The average molecular weight is 668 g/mol. The number of ether oxygens (including phenoxy) is 2. The number of hydrogen-bond donors (Lipinski definition) is 2. The molecule has 3 aromatic rings. The van der Waals surface area contributed by atoms with E-state index >= 15 is 0 Å². The van der Waals surface area contributed by atoms with Crippen LogP contribution < -0.4 is 25.0 Å². The van der Waals surface area contributed by atoms with Gasteiger partial charge in [-0.1, -0.05) is 34.8 Å². The van der Waals surface area contributed by atoms with Gasteiger partial charge in [0.25, 0.3) is 17.7 Å². The molecule has 0 spiro atoms. The maximum Gasteiger partial charge on any atom is 0.335 e. The van der Waals surface area contributed by atoms with E-state index in [1.54, 1.807) is 25.1 Å². The van der Waals surface area contributed by atoms with E-state index in [0.717, 1.165) is 4.90 Å². The first-order valence-electron chi connectivity index (χ1n) is 11.6. The van der Waals surface area contributed by atoms with Crippen LogP contribution in [-0.4, -0.2) is 37.0 Å². The smallest absolute Gasteiger partial charge is 0.335 e. The Morgan fingerprint density at radius 2 is 1.73 bits per heavy atom. The largest absolute Gasteiger partial charge is 0.490 e. The highest BCUT2D eigenvalue weighted by Gasteiger charge is 2.36. The standard InChI is InChI=1S/C27H19BrCl3N3O6/c1-2-39-22-11-14(9-18-25(36)33-27(38)34(26(18)37)17-6-3-15(29)4-7-17)10-19(28)24(22)40-13-23(35)32-16-5-8-20(30)21(31)12-16/h3-12H,2,13H2,1H3,(H,32,35)(H,33,36,38)/b18-9-. The Morgan fingerprint density at radius 3 is 2.40 bits per heavy atom. The number of benzene rings is 3. The minimum atomic E-state index is -0.881. The molecule has 0 saturated carbocycles. The van der Waals surface area contributed by atoms with Crippen molar-refractivity contribution in [2.24, 2.45) is 0 Å². The molecule has 3 aromatic carbocycles. The van der Waals surface area contributed by atoms with Gasteiger partial charge in [0.1, 0.15) is 5.57 Å². The van der Waals surface area contributed by atoms with Crippen LogP contribution in [0.3, 0.4) is 0 Å². The minimum absolute atomic E-state index is 0.227. The molecule has 1 saturated heterocycles. The number of hydrogen-bond acceptors (Lipinski definition) is 6. The molecule has 2 N–H and O–H groups in total. The molecule has 206 valence electrons. The predicted octanol–water partition coefficient (Wildman–Crippen LogP) is 6.49. The number of barbiturate groups is 1. The third kappa shape index (κ3) is 6.76. The first-order chi connectivity index (χ1) is 19.1. The van der Waals surface area contributed by atoms with Crippen LogP contribution in [-0.2, 0) is 14.4 Å². The fourth-order valence-corrected chi connectivity index (χ4v) is 4.63. The second-order valence-electron chi connectivity index (χ2n) is 8.16. The number of anilines is 2.